The van der Waals surface area contributed by atoms with Gasteiger partial charge in [-0.2, -0.15) is 0 Å². The molecule has 1 aliphatic heterocycles. The minimum absolute atomic E-state index is 0.0798. The summed E-state index contributed by atoms with van der Waals surface area (Å²) < 4.78 is 32.3. The first-order valence-corrected chi connectivity index (χ1v) is 12.6. The molecular formula is C22H35N3O5S. The number of amides is 1. The van der Waals surface area contributed by atoms with Crippen molar-refractivity contribution in [3.05, 3.63) is 30.3 Å². The van der Waals surface area contributed by atoms with Crippen LogP contribution in [0.15, 0.2) is 35.2 Å². The predicted molar refractivity (Wildman–Crippen MR) is 119 cm³/mol. The molecular weight excluding hydrogens is 418 g/mol. The lowest BCUT2D eigenvalue weighted by Crippen LogP contribution is -2.52. The van der Waals surface area contributed by atoms with E-state index in [0.29, 0.717) is 25.9 Å². The van der Waals surface area contributed by atoms with Gasteiger partial charge in [-0.3, -0.25) is 15.0 Å². The summed E-state index contributed by atoms with van der Waals surface area (Å²) in [6.07, 6.45) is 2.27. The molecule has 2 rings (SSSR count). The van der Waals surface area contributed by atoms with Crippen molar-refractivity contribution in [2.24, 2.45) is 0 Å². The number of ether oxygens (including phenoxy) is 1. The van der Waals surface area contributed by atoms with E-state index in [2.05, 4.69) is 10.7 Å². The second kappa shape index (κ2) is 12.8. The fourth-order valence-corrected chi connectivity index (χ4v) is 5.69. The quantitative estimate of drug-likeness (QED) is 0.369. The van der Waals surface area contributed by atoms with Crippen LogP contribution in [0.3, 0.4) is 0 Å². The lowest BCUT2D eigenvalue weighted by atomic mass is 10.0. The normalized spacial score (nSPS) is 17.0. The summed E-state index contributed by atoms with van der Waals surface area (Å²) in [5, 5.41) is 4.17. The maximum atomic E-state index is 13.4. The van der Waals surface area contributed by atoms with Crippen molar-refractivity contribution < 1.29 is 22.7 Å². The maximum absolute atomic E-state index is 13.4. The zero-order valence-electron chi connectivity index (χ0n) is 18.5. The van der Waals surface area contributed by atoms with Crippen LogP contribution in [0.4, 0.5) is 0 Å². The van der Waals surface area contributed by atoms with Gasteiger partial charge in [0.1, 0.15) is 11.4 Å². The van der Waals surface area contributed by atoms with Crippen molar-refractivity contribution in [1.29, 1.82) is 0 Å². The minimum Gasteiger partial charge on any atom is -0.461 e. The standard InChI is InChI=1S/C22H35N3O5S/c1-3-4-6-11-21(31(28,29)19-9-7-5-8-10-19)20(30-18(2)26)12-13-22(27)24-25-16-14-23-15-17-25/h5,7-10,20-21,23H,3-4,6,11-17H2,1-2H3,(H,24,27). The van der Waals surface area contributed by atoms with Crippen LogP contribution in [0.1, 0.15) is 52.4 Å². The highest BCUT2D eigenvalue weighted by Gasteiger charge is 2.36. The van der Waals surface area contributed by atoms with Gasteiger partial charge >= 0.3 is 5.97 Å². The number of carbonyl (C=O) groups is 2. The van der Waals surface area contributed by atoms with E-state index < -0.39 is 27.2 Å². The number of esters is 1. The van der Waals surface area contributed by atoms with Crippen LogP contribution in [0, 0.1) is 0 Å². The summed E-state index contributed by atoms with van der Waals surface area (Å²) >= 11 is 0. The van der Waals surface area contributed by atoms with E-state index in [4.69, 9.17) is 4.74 Å². The highest BCUT2D eigenvalue weighted by atomic mass is 32.2. The zero-order valence-corrected chi connectivity index (χ0v) is 19.3. The Morgan fingerprint density at radius 1 is 1.13 bits per heavy atom. The number of benzene rings is 1. The third-order valence-corrected chi connectivity index (χ3v) is 7.62. The van der Waals surface area contributed by atoms with E-state index in [1.165, 1.54) is 6.92 Å². The molecule has 0 aromatic heterocycles. The Kier molecular flexibility index (Phi) is 10.4. The Bertz CT molecular complexity index is 795. The molecule has 1 aromatic carbocycles. The number of carbonyl (C=O) groups excluding carboxylic acids is 2. The van der Waals surface area contributed by atoms with Gasteiger partial charge in [-0.15, -0.1) is 0 Å². The number of nitrogens with zero attached hydrogens (tertiary/aromatic N) is 1. The summed E-state index contributed by atoms with van der Waals surface area (Å²) in [7, 11) is -3.73. The molecule has 1 heterocycles. The molecule has 0 saturated carbocycles. The number of rotatable bonds is 12. The Balaban J connectivity index is 2.15. The maximum Gasteiger partial charge on any atom is 0.302 e. The van der Waals surface area contributed by atoms with Crippen LogP contribution in [-0.2, 0) is 24.2 Å². The molecule has 0 aliphatic carbocycles. The number of piperazine rings is 1. The number of hydrogen-bond acceptors (Lipinski definition) is 7. The summed E-state index contributed by atoms with van der Waals surface area (Å²) in [5.41, 5.74) is 2.85. The van der Waals surface area contributed by atoms with Crippen LogP contribution in [-0.4, -0.2) is 62.8 Å². The Labute approximate surface area is 185 Å². The molecule has 31 heavy (non-hydrogen) atoms. The van der Waals surface area contributed by atoms with Crippen LogP contribution in [0.2, 0.25) is 0 Å². The third kappa shape index (κ3) is 8.23. The highest BCUT2D eigenvalue weighted by molar-refractivity contribution is 7.92. The van der Waals surface area contributed by atoms with E-state index in [1.54, 1.807) is 30.3 Å². The van der Waals surface area contributed by atoms with Gasteiger partial charge in [0.25, 0.3) is 0 Å². The molecule has 1 aromatic rings. The average Bonchev–Trinajstić information content (AvgIpc) is 2.75. The summed E-state index contributed by atoms with van der Waals surface area (Å²) in [6.45, 7) is 6.33. The van der Waals surface area contributed by atoms with Crippen molar-refractivity contribution in [2.45, 2.75) is 68.6 Å². The topological polar surface area (TPSA) is 105 Å². The fraction of sp³-hybridized carbons (Fsp3) is 0.636. The number of unbranched alkanes of at least 4 members (excludes halogenated alkanes) is 2. The van der Waals surface area contributed by atoms with Gasteiger partial charge in [0.2, 0.25) is 5.91 Å². The van der Waals surface area contributed by atoms with Gasteiger partial charge in [0, 0.05) is 39.5 Å². The van der Waals surface area contributed by atoms with E-state index in [9.17, 15) is 18.0 Å². The molecule has 1 aliphatic rings. The smallest absolute Gasteiger partial charge is 0.302 e. The van der Waals surface area contributed by atoms with E-state index >= 15 is 0 Å². The van der Waals surface area contributed by atoms with Crippen LogP contribution < -0.4 is 10.7 Å². The lowest BCUT2D eigenvalue weighted by molar-refractivity contribution is -0.147. The van der Waals surface area contributed by atoms with Gasteiger partial charge < -0.3 is 10.1 Å². The first-order chi connectivity index (χ1) is 14.8. The fourth-order valence-electron chi connectivity index (χ4n) is 3.74. The number of hydrogen-bond donors (Lipinski definition) is 2. The van der Waals surface area contributed by atoms with Crippen LogP contribution in [0.25, 0.3) is 0 Å². The van der Waals surface area contributed by atoms with Crippen LogP contribution >= 0.6 is 0 Å². The first kappa shape index (κ1) is 25.3. The molecule has 174 valence electrons. The highest BCUT2D eigenvalue weighted by Crippen LogP contribution is 2.27. The van der Waals surface area contributed by atoms with E-state index in [-0.39, 0.29) is 23.6 Å². The molecule has 8 nitrogen and oxygen atoms in total. The molecule has 2 N–H and O–H groups in total. The SMILES string of the molecule is CCCCCC(C(CCC(=O)NN1CCNCC1)OC(C)=O)S(=O)(=O)c1ccccc1. The summed E-state index contributed by atoms with van der Waals surface area (Å²) in [4.78, 5) is 24.4. The molecule has 0 spiro atoms. The van der Waals surface area contributed by atoms with Crippen molar-refractivity contribution >= 4 is 21.7 Å². The number of hydrazine groups is 1. The Morgan fingerprint density at radius 2 is 1.81 bits per heavy atom. The second-order valence-electron chi connectivity index (χ2n) is 7.85. The van der Waals surface area contributed by atoms with Gasteiger partial charge in [-0.1, -0.05) is 44.4 Å². The average molecular weight is 454 g/mol. The van der Waals surface area contributed by atoms with Gasteiger partial charge in [-0.05, 0) is 25.0 Å². The van der Waals surface area contributed by atoms with Crippen molar-refractivity contribution in [3.8, 4) is 0 Å². The van der Waals surface area contributed by atoms with Crippen molar-refractivity contribution in [1.82, 2.24) is 15.8 Å². The van der Waals surface area contributed by atoms with Crippen molar-refractivity contribution in [3.63, 3.8) is 0 Å². The molecule has 2 unspecified atom stereocenters. The van der Waals surface area contributed by atoms with Gasteiger partial charge in [0.05, 0.1) is 4.90 Å². The molecule has 1 fully saturated rings. The molecule has 0 radical (unpaired) electrons. The predicted octanol–water partition coefficient (Wildman–Crippen LogP) is 2.06. The third-order valence-electron chi connectivity index (χ3n) is 5.35. The molecule has 0 bridgehead atoms. The molecule has 1 saturated heterocycles. The monoisotopic (exact) mass is 453 g/mol. The summed E-state index contributed by atoms with van der Waals surface area (Å²) in [5.74, 6) is -0.750. The summed E-state index contributed by atoms with van der Waals surface area (Å²) in [6, 6.07) is 8.23. The first-order valence-electron chi connectivity index (χ1n) is 11.1. The molecule has 2 atom stereocenters. The Morgan fingerprint density at radius 3 is 2.42 bits per heavy atom. The van der Waals surface area contributed by atoms with Crippen molar-refractivity contribution in [2.75, 3.05) is 26.2 Å². The second-order valence-corrected chi connectivity index (χ2v) is 10.0. The molecule has 9 heteroatoms. The van der Waals surface area contributed by atoms with Gasteiger partial charge in [-0.25, -0.2) is 13.4 Å². The molecule has 1 amide bonds. The largest absolute Gasteiger partial charge is 0.461 e. The minimum atomic E-state index is -3.73. The van der Waals surface area contributed by atoms with E-state index in [1.807, 2.05) is 11.9 Å². The lowest BCUT2D eigenvalue weighted by Gasteiger charge is -2.29. The Hall–Kier alpha value is -1.97. The number of sulfone groups is 1. The zero-order chi connectivity index (χ0) is 22.7. The number of nitrogens with one attached hydrogen (secondary N) is 2. The van der Waals surface area contributed by atoms with Gasteiger partial charge in [0.15, 0.2) is 9.84 Å². The van der Waals surface area contributed by atoms with Crippen LogP contribution in [0.5, 0.6) is 0 Å². The van der Waals surface area contributed by atoms with E-state index in [0.717, 1.165) is 25.9 Å².